The van der Waals surface area contributed by atoms with Crippen LogP contribution in [-0.4, -0.2) is 222 Å². The van der Waals surface area contributed by atoms with Crippen LogP contribution in [0.4, 0.5) is 5.69 Å². The maximum Gasteiger partial charge on any atom is 0.329 e. The molecule has 7 rings (SSSR count). The Balaban J connectivity index is 1.29. The summed E-state index contributed by atoms with van der Waals surface area (Å²) in [6.07, 6.45) is -0.431. The molecule has 0 bridgehead atoms. The average Bonchev–Trinajstić information content (AvgIpc) is 0.992. The lowest BCUT2D eigenvalue weighted by Crippen LogP contribution is -2.59. The number of nitrogens with zero attached hydrogens (tertiary/aromatic N) is 7. The molecule has 6 aliphatic rings. The maximum atomic E-state index is 15.2. The minimum atomic E-state index is -1.18. The molecule has 0 aromatic heterocycles. The number of carbonyl (C=O) groups excluding carboxylic acids is 10. The van der Waals surface area contributed by atoms with Gasteiger partial charge in [0.15, 0.2) is 11.3 Å². The second-order valence-corrected chi connectivity index (χ2v) is 25.6. The van der Waals surface area contributed by atoms with Crippen LogP contribution in [0.2, 0.25) is 0 Å². The van der Waals surface area contributed by atoms with E-state index in [1.54, 1.807) is 47.6 Å². The van der Waals surface area contributed by atoms with E-state index in [9.17, 15) is 43.2 Å². The first kappa shape index (κ1) is 67.8. The number of anilines is 1. The van der Waals surface area contributed by atoms with Gasteiger partial charge in [0.1, 0.15) is 47.6 Å². The molecule has 0 saturated carbocycles. The second kappa shape index (κ2) is 27.8. The van der Waals surface area contributed by atoms with Crippen molar-refractivity contribution in [3.05, 3.63) is 44.6 Å². The van der Waals surface area contributed by atoms with E-state index in [0.717, 1.165) is 0 Å². The molecular weight excluding hydrogens is 1140 g/mol. The first-order valence-electron chi connectivity index (χ1n) is 30.6. The highest BCUT2D eigenvalue weighted by atomic mass is 16.6. The Morgan fingerprint density at radius 3 is 1.48 bits per heavy atom. The third-order valence-corrected chi connectivity index (χ3v) is 17.7. The highest BCUT2D eigenvalue weighted by molar-refractivity contribution is 6.09. The zero-order chi connectivity index (χ0) is 65.2. The average molecular weight is 1230 g/mol. The summed E-state index contributed by atoms with van der Waals surface area (Å²) in [6.45, 7) is 20.0. The van der Waals surface area contributed by atoms with Crippen LogP contribution in [0, 0.1) is 37.5 Å². The molecule has 10 atom stereocenters. The van der Waals surface area contributed by atoms with Crippen molar-refractivity contribution < 1.29 is 61.8 Å². The number of nitrogen functional groups attached to an aromatic ring is 1. The van der Waals surface area contributed by atoms with Crippen molar-refractivity contribution >= 4 is 76.0 Å². The highest BCUT2D eigenvalue weighted by Gasteiger charge is 2.45. The predicted octanol–water partition coefficient (Wildman–Crippen LogP) is 1.67. The lowest BCUT2D eigenvalue weighted by atomic mass is 9.98. The van der Waals surface area contributed by atoms with Gasteiger partial charge in [0.25, 0.3) is 11.8 Å². The van der Waals surface area contributed by atoms with E-state index >= 15 is 9.59 Å². The van der Waals surface area contributed by atoms with Crippen LogP contribution in [0.25, 0.3) is 22.6 Å². The topological polar surface area (TPSA) is 326 Å². The van der Waals surface area contributed by atoms with Crippen molar-refractivity contribution in [3.8, 4) is 11.5 Å². The smallest absolute Gasteiger partial charge is 0.329 e. The lowest BCUT2D eigenvalue weighted by molar-refractivity contribution is -0.162. The number of fused-ring (bicyclic) bond motifs is 4. The summed E-state index contributed by atoms with van der Waals surface area (Å²) < 4.78 is 18.7. The van der Waals surface area contributed by atoms with Crippen LogP contribution >= 0.6 is 0 Å². The molecule has 10 unspecified atom stereocenters. The van der Waals surface area contributed by atoms with Gasteiger partial charge in [-0.15, -0.1) is 0 Å². The number of carbonyl (C=O) groups is 10. The van der Waals surface area contributed by atoms with Gasteiger partial charge in [0.05, 0.1) is 54.1 Å². The fourth-order valence-corrected chi connectivity index (χ4v) is 12.4. The van der Waals surface area contributed by atoms with Crippen LogP contribution in [0.3, 0.4) is 0 Å². The summed E-state index contributed by atoms with van der Waals surface area (Å²) in [5.41, 5.74) is 5.08. The van der Waals surface area contributed by atoms with E-state index in [-0.39, 0.29) is 90.1 Å². The molecule has 5 aliphatic heterocycles. The van der Waals surface area contributed by atoms with Crippen molar-refractivity contribution in [2.75, 3.05) is 73.2 Å². The van der Waals surface area contributed by atoms with E-state index in [4.69, 9.17) is 24.6 Å². The van der Waals surface area contributed by atoms with Gasteiger partial charge in [-0.3, -0.25) is 43.2 Å². The third kappa shape index (κ3) is 13.9. The number of likely N-dealkylation sites (N-methyl/N-ethyl adjacent to an activating group) is 4. The first-order valence-corrected chi connectivity index (χ1v) is 30.6. The van der Waals surface area contributed by atoms with Crippen LogP contribution in [-0.2, 0) is 47.8 Å². The molecular formula is C62H90N12O14. The summed E-state index contributed by atoms with van der Waals surface area (Å²) >= 11 is 0. The Labute approximate surface area is 513 Å². The number of nitrogens with two attached hydrogens (primary N) is 1. The summed E-state index contributed by atoms with van der Waals surface area (Å²) in [5, 5.41) is 12.5. The summed E-state index contributed by atoms with van der Waals surface area (Å²) in [7, 11) is 5.87. The number of ether oxygens (including phenoxy) is 2. The largest absolute Gasteiger partial charge is 0.459 e. The molecule has 1 aliphatic carbocycles. The number of nitrogens with one attached hydrogen (secondary N) is 4. The van der Waals surface area contributed by atoms with Crippen molar-refractivity contribution in [3.63, 3.8) is 0 Å². The Bertz CT molecular complexity index is 3240. The van der Waals surface area contributed by atoms with Crippen LogP contribution in [0.15, 0.2) is 21.3 Å². The quantitative estimate of drug-likeness (QED) is 0.122. The standard InChI is InChI=1S/C62H90N12O14/c1-29(2)46-59(82)73-23-17-19-40(73)57(80)69(13)27-42(75)71(15)50(31(5)6)61(84)86-35(11)38(25-64-46)66-55(78)37-22-21-33(9)53-48(37)68-49-44(45(63)52(77)34(10)54(49)88-53)56(79)67-39-26-65-47(30(3)4)60(83)74-24-18-20-41(74)58(81)70(14)28-43(76)72(16)51(32(7)8)62(85)87-36(39)12/h21-22,29-32,35-36,38-41,46-47,50-51,64-65H,17-20,23-28,63H2,1-16H3,(H,66,78)(H,67,79). The molecule has 5 heterocycles. The Morgan fingerprint density at radius 1 is 0.625 bits per heavy atom. The number of amides is 8. The third-order valence-electron chi connectivity index (χ3n) is 17.7. The first-order chi connectivity index (χ1) is 41.3. The molecule has 26 nitrogen and oxygen atoms in total. The van der Waals surface area contributed by atoms with E-state index in [1.807, 2.05) is 27.7 Å². The Hall–Kier alpha value is -7.74. The van der Waals surface area contributed by atoms with Crippen molar-refractivity contribution in [1.29, 1.82) is 0 Å². The fraction of sp³-hybridized carbons (Fsp3) is 0.645. The minimum Gasteiger partial charge on any atom is -0.459 e. The van der Waals surface area contributed by atoms with Gasteiger partial charge in [-0.1, -0.05) is 61.5 Å². The van der Waals surface area contributed by atoms with Crippen molar-refractivity contribution in [2.45, 2.75) is 169 Å². The SMILES string of the molecule is Cc1c2oc3c(C)ccc(C(=O)NC4CNC(C(C)C)C(=O)N5CCCC5C(=O)N(C)CC(=O)N(C)C(C(C)C)C(=O)OC4C)c3nc-2c(C(=O)NC2CNC(C(C)C)C(=O)N3CCCC3C(=O)N(C)CC(=O)N(C)C(C(C)C)C(=O)OC2C)c(N)c1=O. The van der Waals surface area contributed by atoms with Gasteiger partial charge in [0, 0.05) is 59.9 Å². The van der Waals surface area contributed by atoms with E-state index < -0.39 is 136 Å². The number of rotatable bonds is 8. The molecule has 482 valence electrons. The van der Waals surface area contributed by atoms with Gasteiger partial charge >= 0.3 is 11.9 Å². The van der Waals surface area contributed by atoms with Gasteiger partial charge in [-0.05, 0) is 88.7 Å². The normalized spacial score (nSPS) is 26.7. The van der Waals surface area contributed by atoms with Crippen LogP contribution in [0.5, 0.6) is 0 Å². The van der Waals surface area contributed by atoms with Gasteiger partial charge in [-0.2, -0.15) is 0 Å². The van der Waals surface area contributed by atoms with E-state index in [0.29, 0.717) is 37.8 Å². The fourth-order valence-electron chi connectivity index (χ4n) is 12.4. The molecule has 88 heavy (non-hydrogen) atoms. The second-order valence-electron chi connectivity index (χ2n) is 25.6. The van der Waals surface area contributed by atoms with Crippen molar-refractivity contribution in [1.82, 2.24) is 55.7 Å². The molecule has 0 radical (unpaired) electrons. The number of aryl methyl sites for hydroxylation is 1. The Morgan fingerprint density at radius 2 is 1.06 bits per heavy atom. The molecule has 4 saturated heterocycles. The van der Waals surface area contributed by atoms with Crippen LogP contribution < -0.4 is 32.4 Å². The number of esters is 2. The summed E-state index contributed by atoms with van der Waals surface area (Å²) in [4.78, 5) is 170. The molecule has 1 aromatic rings. The zero-order valence-electron chi connectivity index (χ0n) is 53.7. The van der Waals surface area contributed by atoms with Gasteiger partial charge in [0.2, 0.25) is 40.9 Å². The van der Waals surface area contributed by atoms with Crippen LogP contribution in [0.1, 0.15) is 127 Å². The van der Waals surface area contributed by atoms with E-state index in [2.05, 4.69) is 21.3 Å². The lowest BCUT2D eigenvalue weighted by Gasteiger charge is -2.36. The van der Waals surface area contributed by atoms with Gasteiger partial charge < -0.3 is 70.3 Å². The van der Waals surface area contributed by atoms with Gasteiger partial charge in [-0.25, -0.2) is 14.6 Å². The number of hydrogen-bond donors (Lipinski definition) is 5. The number of benzene rings is 2. The Kier molecular flexibility index (Phi) is 21.4. The minimum absolute atomic E-state index is 0.00587. The molecule has 4 fully saturated rings. The summed E-state index contributed by atoms with van der Waals surface area (Å²) in [6, 6.07) is -4.88. The number of hydrogen-bond acceptors (Lipinski definition) is 18. The molecule has 1 aromatic carbocycles. The maximum absolute atomic E-state index is 15.2. The molecule has 8 amide bonds. The number of cyclic esters (lactones) is 2. The molecule has 26 heteroatoms. The summed E-state index contributed by atoms with van der Waals surface area (Å²) in [5.74, 6) is -7.73. The predicted molar refractivity (Wildman–Crippen MR) is 325 cm³/mol. The van der Waals surface area contributed by atoms with E-state index in [1.165, 1.54) is 77.5 Å². The van der Waals surface area contributed by atoms with Crippen molar-refractivity contribution in [2.24, 2.45) is 23.7 Å². The zero-order valence-corrected chi connectivity index (χ0v) is 53.7. The molecule has 0 spiro atoms. The molecule has 6 N–H and O–H groups in total. The number of aromatic nitrogens is 1. The monoisotopic (exact) mass is 1230 g/mol. The highest BCUT2D eigenvalue weighted by Crippen LogP contribution is 2.35.